The van der Waals surface area contributed by atoms with Crippen LogP contribution in [0.25, 0.3) is 5.69 Å². The van der Waals surface area contributed by atoms with E-state index in [9.17, 15) is 9.59 Å². The molecule has 0 aliphatic heterocycles. The van der Waals surface area contributed by atoms with Crippen LogP contribution >= 0.6 is 11.8 Å². The van der Waals surface area contributed by atoms with Gasteiger partial charge in [0.25, 0.3) is 0 Å². The Morgan fingerprint density at radius 3 is 2.64 bits per heavy atom. The van der Waals surface area contributed by atoms with Crippen LogP contribution < -0.4 is 10.6 Å². The van der Waals surface area contributed by atoms with Gasteiger partial charge in [0, 0.05) is 7.05 Å². The zero-order valence-corrected chi connectivity index (χ0v) is 15.3. The van der Waals surface area contributed by atoms with Crippen LogP contribution in [0.4, 0.5) is 4.79 Å². The molecular formula is C16H22N6O2S. The summed E-state index contributed by atoms with van der Waals surface area (Å²) in [5, 5.41) is 16.2. The summed E-state index contributed by atoms with van der Waals surface area (Å²) in [6.07, 6.45) is 3.36. The first-order valence-electron chi connectivity index (χ1n) is 8.12. The minimum atomic E-state index is -0.542. The molecule has 1 heterocycles. The summed E-state index contributed by atoms with van der Waals surface area (Å²) < 4.78 is 1.58. The molecule has 1 atom stereocenters. The molecule has 25 heavy (non-hydrogen) atoms. The van der Waals surface area contributed by atoms with Gasteiger partial charge in [-0.15, -0.1) is 5.10 Å². The number of carbonyl (C=O) groups is 2. The van der Waals surface area contributed by atoms with Crippen molar-refractivity contribution in [3.05, 3.63) is 29.8 Å². The maximum absolute atomic E-state index is 12.0. The highest BCUT2D eigenvalue weighted by Crippen LogP contribution is 2.23. The largest absolute Gasteiger partial charge is 0.341 e. The quantitative estimate of drug-likeness (QED) is 0.730. The Kier molecular flexibility index (Phi) is 6.93. The Morgan fingerprint density at radius 1 is 1.28 bits per heavy atom. The second kappa shape index (κ2) is 9.16. The molecule has 0 saturated heterocycles. The van der Waals surface area contributed by atoms with Crippen LogP contribution in [-0.2, 0) is 11.2 Å². The van der Waals surface area contributed by atoms with E-state index >= 15 is 0 Å². The minimum Gasteiger partial charge on any atom is -0.341 e. The zero-order valence-electron chi connectivity index (χ0n) is 14.5. The molecule has 134 valence electrons. The van der Waals surface area contributed by atoms with E-state index < -0.39 is 17.2 Å². The second-order valence-electron chi connectivity index (χ2n) is 5.47. The summed E-state index contributed by atoms with van der Waals surface area (Å²) in [6, 6.07) is 7.49. The van der Waals surface area contributed by atoms with Crippen LogP contribution in [-0.4, -0.2) is 44.4 Å². The molecule has 0 radical (unpaired) electrons. The van der Waals surface area contributed by atoms with Gasteiger partial charge in [0.05, 0.1) is 10.9 Å². The van der Waals surface area contributed by atoms with Gasteiger partial charge in [-0.3, -0.25) is 10.1 Å². The van der Waals surface area contributed by atoms with Crippen molar-refractivity contribution in [1.82, 2.24) is 30.8 Å². The van der Waals surface area contributed by atoms with E-state index in [-0.39, 0.29) is 0 Å². The van der Waals surface area contributed by atoms with Crippen molar-refractivity contribution >= 4 is 23.7 Å². The van der Waals surface area contributed by atoms with Gasteiger partial charge in [0.2, 0.25) is 11.1 Å². The Balaban J connectivity index is 2.06. The summed E-state index contributed by atoms with van der Waals surface area (Å²) in [6.45, 7) is 3.86. The smallest absolute Gasteiger partial charge is 0.321 e. The van der Waals surface area contributed by atoms with Crippen molar-refractivity contribution in [3.8, 4) is 5.69 Å². The van der Waals surface area contributed by atoms with Gasteiger partial charge in [-0.05, 0) is 47.9 Å². The number of hydrogen-bond acceptors (Lipinski definition) is 6. The number of imide groups is 1. The SMILES string of the molecule is CCCCc1ccc(-n2nnnc2S[C@@H](C)C(=O)NC(=O)NC)cc1. The maximum atomic E-state index is 12.0. The molecule has 9 heteroatoms. The van der Waals surface area contributed by atoms with E-state index in [1.165, 1.54) is 24.4 Å². The molecule has 0 saturated carbocycles. The first kappa shape index (κ1) is 18.9. The Hall–Kier alpha value is -2.42. The number of hydrogen-bond donors (Lipinski definition) is 2. The number of thioether (sulfide) groups is 1. The van der Waals surface area contributed by atoms with Crippen LogP contribution in [0, 0.1) is 0 Å². The first-order valence-corrected chi connectivity index (χ1v) is 9.00. The zero-order chi connectivity index (χ0) is 18.2. The standard InChI is InChI=1S/C16H22N6O2S/c1-4-5-6-12-7-9-13(10-8-12)22-16(19-20-21-22)25-11(2)14(23)18-15(24)17-3/h7-11H,4-6H2,1-3H3,(H2,17,18,23,24)/t11-/m0/s1. The number of aryl methyl sites for hydroxylation is 1. The predicted molar refractivity (Wildman–Crippen MR) is 95.7 cm³/mol. The molecule has 2 rings (SSSR count). The average Bonchev–Trinajstić information content (AvgIpc) is 3.08. The van der Waals surface area contributed by atoms with E-state index in [2.05, 4.69) is 45.2 Å². The van der Waals surface area contributed by atoms with Gasteiger partial charge < -0.3 is 5.32 Å². The van der Waals surface area contributed by atoms with E-state index in [4.69, 9.17) is 0 Å². The number of aromatic nitrogens is 4. The molecule has 8 nitrogen and oxygen atoms in total. The molecule has 0 fully saturated rings. The molecular weight excluding hydrogens is 340 g/mol. The Labute approximate surface area is 150 Å². The summed E-state index contributed by atoms with van der Waals surface area (Å²) in [7, 11) is 1.45. The number of unbranched alkanes of at least 4 members (excludes halogenated alkanes) is 1. The third kappa shape index (κ3) is 5.28. The van der Waals surface area contributed by atoms with Crippen LogP contribution in [0.15, 0.2) is 29.4 Å². The fourth-order valence-corrected chi connectivity index (χ4v) is 2.89. The summed E-state index contributed by atoms with van der Waals surface area (Å²) in [4.78, 5) is 23.2. The van der Waals surface area contributed by atoms with Gasteiger partial charge >= 0.3 is 6.03 Å². The molecule has 2 N–H and O–H groups in total. The third-order valence-electron chi connectivity index (χ3n) is 3.56. The van der Waals surface area contributed by atoms with Crippen LogP contribution in [0.1, 0.15) is 32.3 Å². The van der Waals surface area contributed by atoms with Gasteiger partial charge in [-0.25, -0.2) is 4.79 Å². The summed E-state index contributed by atoms with van der Waals surface area (Å²) in [5.74, 6) is -0.409. The van der Waals surface area contributed by atoms with Crippen molar-refractivity contribution in [2.24, 2.45) is 0 Å². The molecule has 0 unspecified atom stereocenters. The van der Waals surface area contributed by atoms with Crippen LogP contribution in [0.2, 0.25) is 0 Å². The van der Waals surface area contributed by atoms with Gasteiger partial charge in [-0.2, -0.15) is 4.68 Å². The number of urea groups is 1. The Morgan fingerprint density at radius 2 is 2.00 bits per heavy atom. The van der Waals surface area contributed by atoms with Crippen LogP contribution in [0.3, 0.4) is 0 Å². The molecule has 1 aromatic carbocycles. The highest BCUT2D eigenvalue weighted by molar-refractivity contribution is 8.00. The number of amides is 3. The molecule has 0 bridgehead atoms. The van der Waals surface area contributed by atoms with E-state index in [1.807, 2.05) is 12.1 Å². The van der Waals surface area contributed by atoms with Crippen molar-refractivity contribution in [3.63, 3.8) is 0 Å². The summed E-state index contributed by atoms with van der Waals surface area (Å²) in [5.41, 5.74) is 2.10. The maximum Gasteiger partial charge on any atom is 0.321 e. The molecule has 0 aliphatic carbocycles. The van der Waals surface area contributed by atoms with Crippen LogP contribution in [0.5, 0.6) is 0 Å². The van der Waals surface area contributed by atoms with Crippen molar-refractivity contribution < 1.29 is 9.59 Å². The lowest BCUT2D eigenvalue weighted by Gasteiger charge is -2.11. The van der Waals surface area contributed by atoms with Crippen molar-refractivity contribution in [2.75, 3.05) is 7.05 Å². The van der Waals surface area contributed by atoms with E-state index in [0.717, 1.165) is 24.9 Å². The van der Waals surface area contributed by atoms with Crippen molar-refractivity contribution in [1.29, 1.82) is 0 Å². The highest BCUT2D eigenvalue weighted by atomic mass is 32.2. The van der Waals surface area contributed by atoms with Gasteiger partial charge in [-0.1, -0.05) is 37.2 Å². The highest BCUT2D eigenvalue weighted by Gasteiger charge is 2.20. The topological polar surface area (TPSA) is 102 Å². The Bertz CT molecular complexity index is 716. The number of nitrogens with zero attached hydrogens (tertiary/aromatic N) is 4. The number of benzene rings is 1. The first-order chi connectivity index (χ1) is 12.0. The lowest BCUT2D eigenvalue weighted by Crippen LogP contribution is -2.41. The normalized spacial score (nSPS) is 11.8. The van der Waals surface area contributed by atoms with Gasteiger partial charge in [0.15, 0.2) is 0 Å². The average molecular weight is 362 g/mol. The van der Waals surface area contributed by atoms with Crippen molar-refractivity contribution in [2.45, 2.75) is 43.5 Å². The third-order valence-corrected chi connectivity index (χ3v) is 4.59. The number of nitrogens with one attached hydrogen (secondary N) is 2. The fraction of sp³-hybridized carbons (Fsp3) is 0.438. The lowest BCUT2D eigenvalue weighted by atomic mass is 10.1. The molecule has 0 aliphatic rings. The number of rotatable bonds is 7. The lowest BCUT2D eigenvalue weighted by molar-refractivity contribution is -0.119. The molecule has 2 aromatic rings. The number of tetrazole rings is 1. The summed E-state index contributed by atoms with van der Waals surface area (Å²) >= 11 is 1.19. The molecule has 3 amide bonds. The van der Waals surface area contributed by atoms with E-state index in [1.54, 1.807) is 11.6 Å². The fourth-order valence-electron chi connectivity index (χ4n) is 2.09. The number of carbonyl (C=O) groups excluding carboxylic acids is 2. The van der Waals surface area contributed by atoms with Gasteiger partial charge in [0.1, 0.15) is 0 Å². The predicted octanol–water partition coefficient (Wildman–Crippen LogP) is 1.94. The molecule has 0 spiro atoms. The monoisotopic (exact) mass is 362 g/mol. The van der Waals surface area contributed by atoms with E-state index in [0.29, 0.717) is 5.16 Å². The minimum absolute atomic E-state index is 0.409. The second-order valence-corrected chi connectivity index (χ2v) is 6.78. The molecule has 1 aromatic heterocycles.